The van der Waals surface area contributed by atoms with E-state index < -0.39 is 18.2 Å². The van der Waals surface area contributed by atoms with E-state index in [-0.39, 0.29) is 40.4 Å². The summed E-state index contributed by atoms with van der Waals surface area (Å²) in [6.07, 6.45) is 4.32. The van der Waals surface area contributed by atoms with Crippen molar-refractivity contribution < 1.29 is 29.0 Å². The van der Waals surface area contributed by atoms with E-state index in [1.54, 1.807) is 4.90 Å². The van der Waals surface area contributed by atoms with Crippen molar-refractivity contribution in [3.63, 3.8) is 0 Å². The molecule has 3 aliphatic heterocycles. The van der Waals surface area contributed by atoms with E-state index in [4.69, 9.17) is 9.97 Å². The lowest BCUT2D eigenvalue weighted by Gasteiger charge is -2.33. The highest BCUT2D eigenvalue weighted by Gasteiger charge is 2.50. The fourth-order valence-corrected chi connectivity index (χ4v) is 11.1. The van der Waals surface area contributed by atoms with Crippen molar-refractivity contribution in [2.75, 3.05) is 45.3 Å². The van der Waals surface area contributed by atoms with E-state index in [1.807, 2.05) is 78.9 Å². The number of alkyl carbamates (subject to hydrolysis) is 1. The summed E-state index contributed by atoms with van der Waals surface area (Å²) in [4.78, 5) is 71.4. The molecule has 3 saturated heterocycles. The summed E-state index contributed by atoms with van der Waals surface area (Å²) < 4.78 is 4.58. The van der Waals surface area contributed by atoms with Gasteiger partial charge >= 0.3 is 12.2 Å². The lowest BCUT2D eigenvalue weighted by atomic mass is 10.0. The van der Waals surface area contributed by atoms with Gasteiger partial charge in [-0.05, 0) is 29.9 Å². The van der Waals surface area contributed by atoms with Gasteiger partial charge in [0.2, 0.25) is 11.8 Å². The highest BCUT2D eigenvalue weighted by atomic mass is 32.2. The third-order valence-electron chi connectivity index (χ3n) is 10.7. The number of H-pyrrole nitrogens is 2. The smallest absolute Gasteiger partial charge is 0.407 e. The van der Waals surface area contributed by atoms with Crippen LogP contribution in [0.3, 0.4) is 0 Å². The topological polar surface area (TPSA) is 177 Å². The van der Waals surface area contributed by atoms with E-state index in [0.717, 1.165) is 75.1 Å². The van der Waals surface area contributed by atoms with Gasteiger partial charge in [0.25, 0.3) is 0 Å². The first kappa shape index (κ1) is 38.3. The van der Waals surface area contributed by atoms with Crippen molar-refractivity contribution in [3.8, 4) is 33.6 Å². The molecule has 0 unspecified atom stereocenters. The average molecular weight is 787 g/mol. The molecular formula is C39H46N8O6S2. The minimum Gasteiger partial charge on any atom is -0.465 e. The SMILES string of the molecule is COC(=O)NCC(=O)N1CC2(C[C@H]1c1nc(-c3ccc(-c4ccc(-c5c[nH]c([C@@H]6CCCN6C(=O)[C@H](C(C)C)N(C)C(=O)O)n5)cc4)cc3)c[nH]1)SCCS2. The van der Waals surface area contributed by atoms with Crippen LogP contribution < -0.4 is 5.32 Å². The highest BCUT2D eigenvalue weighted by molar-refractivity contribution is 8.21. The van der Waals surface area contributed by atoms with Crippen LogP contribution in [0.2, 0.25) is 0 Å². The van der Waals surface area contributed by atoms with Crippen LogP contribution in [0.5, 0.6) is 0 Å². The normalized spacial score (nSPS) is 19.6. The van der Waals surface area contributed by atoms with Gasteiger partial charge in [0.1, 0.15) is 24.2 Å². The fourth-order valence-electron chi connectivity index (χ4n) is 7.85. The molecule has 5 heterocycles. The van der Waals surface area contributed by atoms with E-state index >= 15 is 0 Å². The number of likely N-dealkylation sites (N-methyl/N-ethyl adjacent to an activating group) is 1. The monoisotopic (exact) mass is 786 g/mol. The lowest BCUT2D eigenvalue weighted by molar-refractivity contribution is -0.138. The molecule has 0 radical (unpaired) electrons. The molecule has 1 spiro atoms. The molecule has 7 rings (SSSR count). The summed E-state index contributed by atoms with van der Waals surface area (Å²) >= 11 is 3.79. The van der Waals surface area contributed by atoms with Crippen molar-refractivity contribution in [2.45, 2.75) is 55.3 Å². The lowest BCUT2D eigenvalue weighted by Crippen LogP contribution is -2.51. The number of benzene rings is 2. The molecule has 4 amide bonds. The number of hydrogen-bond acceptors (Lipinski definition) is 9. The quantitative estimate of drug-likeness (QED) is 0.144. The second-order valence-electron chi connectivity index (χ2n) is 14.5. The summed E-state index contributed by atoms with van der Waals surface area (Å²) in [5, 5.41) is 12.1. The van der Waals surface area contributed by atoms with Crippen LogP contribution in [-0.2, 0) is 14.3 Å². The van der Waals surface area contributed by atoms with Gasteiger partial charge in [0.05, 0.1) is 34.7 Å². The Bertz CT molecular complexity index is 2030. The second kappa shape index (κ2) is 16.0. The number of carboxylic acid groups (broad SMARTS) is 1. The molecule has 4 aromatic rings. The van der Waals surface area contributed by atoms with Crippen molar-refractivity contribution in [1.82, 2.24) is 40.0 Å². The van der Waals surface area contributed by atoms with Crippen molar-refractivity contribution in [1.29, 1.82) is 0 Å². The van der Waals surface area contributed by atoms with E-state index in [2.05, 4.69) is 44.3 Å². The number of rotatable bonds is 10. The number of carbonyl (C=O) groups is 4. The molecule has 14 nitrogen and oxygen atoms in total. The molecule has 3 fully saturated rings. The van der Waals surface area contributed by atoms with Crippen LogP contribution in [0.15, 0.2) is 60.9 Å². The number of hydrogen-bond donors (Lipinski definition) is 4. The predicted molar refractivity (Wildman–Crippen MR) is 212 cm³/mol. The standard InChI is InChI=1S/C39H46N8O6S2/c1-23(2)33(45(3)38(51)52)36(49)46-15-5-6-30(46)34-40-19-28(43-34)26-11-7-24(8-12-26)25-9-13-27(14-10-25)29-20-41-35(44-29)31-18-39(54-16-17-55-39)22-47(31)32(48)21-42-37(50)53-4/h7-14,19-20,23,30-31,33H,5-6,15-18,21-22H2,1-4H3,(H,40,43)(H,41,44)(H,42,50)(H,51,52)/t30-,31-,33-/m0/s1. The minimum atomic E-state index is -1.12. The zero-order valence-corrected chi connectivity index (χ0v) is 32.9. The third-order valence-corrected chi connectivity index (χ3v) is 14.1. The average Bonchev–Trinajstić information content (AvgIpc) is 4.04. The highest BCUT2D eigenvalue weighted by Crippen LogP contribution is 2.55. The van der Waals surface area contributed by atoms with Gasteiger partial charge in [-0.1, -0.05) is 62.4 Å². The third kappa shape index (κ3) is 7.92. The summed E-state index contributed by atoms with van der Waals surface area (Å²) in [5.41, 5.74) is 5.53. The Hall–Kier alpha value is -4.96. The Morgan fingerprint density at radius 1 is 0.909 bits per heavy atom. The van der Waals surface area contributed by atoms with Crippen LogP contribution in [0.1, 0.15) is 56.8 Å². The number of methoxy groups -OCH3 is 1. The Balaban J connectivity index is 1.02. The maximum Gasteiger partial charge on any atom is 0.407 e. The van der Waals surface area contributed by atoms with E-state index in [0.29, 0.717) is 18.9 Å². The maximum absolute atomic E-state index is 13.6. The first-order valence-electron chi connectivity index (χ1n) is 18.4. The van der Waals surface area contributed by atoms with Crippen molar-refractivity contribution in [2.24, 2.45) is 5.92 Å². The van der Waals surface area contributed by atoms with Crippen LogP contribution in [0.4, 0.5) is 9.59 Å². The maximum atomic E-state index is 13.6. The molecule has 0 aliphatic carbocycles. The number of thioether (sulfide) groups is 2. The predicted octanol–water partition coefficient (Wildman–Crippen LogP) is 6.24. The molecule has 16 heteroatoms. The summed E-state index contributed by atoms with van der Waals surface area (Å²) in [7, 11) is 2.72. The molecular weight excluding hydrogens is 741 g/mol. The summed E-state index contributed by atoms with van der Waals surface area (Å²) in [6.45, 7) is 4.74. The van der Waals surface area contributed by atoms with Gasteiger partial charge < -0.3 is 34.9 Å². The molecule has 4 N–H and O–H groups in total. The molecule has 2 aromatic heterocycles. The van der Waals surface area contributed by atoms with E-state index in [9.17, 15) is 24.3 Å². The number of likely N-dealkylation sites (tertiary alicyclic amines) is 2. The molecule has 0 bridgehead atoms. The zero-order valence-electron chi connectivity index (χ0n) is 31.3. The zero-order chi connectivity index (χ0) is 38.9. The van der Waals surface area contributed by atoms with Crippen LogP contribution in [0.25, 0.3) is 33.6 Å². The van der Waals surface area contributed by atoms with Gasteiger partial charge in [0, 0.05) is 61.6 Å². The van der Waals surface area contributed by atoms with Crippen LogP contribution >= 0.6 is 23.5 Å². The summed E-state index contributed by atoms with van der Waals surface area (Å²) in [6, 6.07) is 15.1. The Morgan fingerprint density at radius 2 is 1.45 bits per heavy atom. The van der Waals surface area contributed by atoms with Crippen molar-refractivity contribution >= 4 is 47.5 Å². The first-order chi connectivity index (χ1) is 26.5. The van der Waals surface area contributed by atoms with E-state index in [1.165, 1.54) is 14.2 Å². The number of ether oxygens (including phenoxy) is 1. The van der Waals surface area contributed by atoms with Gasteiger partial charge in [-0.15, -0.1) is 23.5 Å². The second-order valence-corrected chi connectivity index (χ2v) is 17.7. The number of nitrogens with zero attached hydrogens (tertiary/aromatic N) is 5. The molecule has 3 aliphatic rings. The van der Waals surface area contributed by atoms with Crippen molar-refractivity contribution in [3.05, 3.63) is 72.6 Å². The number of nitrogens with one attached hydrogen (secondary N) is 3. The molecule has 2 aromatic carbocycles. The number of imidazole rings is 2. The van der Waals surface area contributed by atoms with Gasteiger partial charge in [0.15, 0.2) is 0 Å². The molecule has 3 atom stereocenters. The number of aromatic nitrogens is 4. The fraction of sp³-hybridized carbons (Fsp3) is 0.436. The Kier molecular flexibility index (Phi) is 11.2. The minimum absolute atomic E-state index is 0.0772. The number of carbonyl (C=O) groups excluding carboxylic acids is 3. The number of aromatic amines is 2. The summed E-state index contributed by atoms with van der Waals surface area (Å²) in [5.74, 6) is 2.97. The van der Waals surface area contributed by atoms with Crippen LogP contribution in [-0.4, -0.2) is 119 Å². The first-order valence-corrected chi connectivity index (χ1v) is 20.4. The Morgan fingerprint density at radius 3 is 1.98 bits per heavy atom. The molecule has 290 valence electrons. The Labute approximate surface area is 328 Å². The molecule has 55 heavy (non-hydrogen) atoms. The van der Waals surface area contributed by atoms with Gasteiger partial charge in [-0.25, -0.2) is 19.6 Å². The number of amides is 4. The van der Waals surface area contributed by atoms with Gasteiger partial charge in [-0.3, -0.25) is 14.5 Å². The largest absolute Gasteiger partial charge is 0.465 e. The molecule has 0 saturated carbocycles. The van der Waals surface area contributed by atoms with Gasteiger partial charge in [-0.2, -0.15) is 0 Å². The van der Waals surface area contributed by atoms with Crippen LogP contribution in [0, 0.1) is 5.92 Å².